The molecule has 4 heteroatoms. The van der Waals surface area contributed by atoms with E-state index in [0.29, 0.717) is 5.69 Å². The number of aromatic nitrogens is 1. The van der Waals surface area contributed by atoms with E-state index in [9.17, 15) is 4.79 Å². The van der Waals surface area contributed by atoms with Gasteiger partial charge in [0, 0.05) is 18.7 Å². The van der Waals surface area contributed by atoms with E-state index in [1.165, 1.54) is 24.3 Å². The van der Waals surface area contributed by atoms with Crippen molar-refractivity contribution in [3.8, 4) is 0 Å². The molecule has 1 atom stereocenters. The van der Waals surface area contributed by atoms with Crippen LogP contribution in [0, 0.1) is 5.92 Å². The number of hydrogen-bond donors (Lipinski definition) is 0. The molecule has 0 amide bonds. The van der Waals surface area contributed by atoms with Crippen molar-refractivity contribution in [2.24, 2.45) is 5.92 Å². The first kappa shape index (κ1) is 11.1. The highest BCUT2D eigenvalue weighted by molar-refractivity contribution is 7.99. The van der Waals surface area contributed by atoms with Gasteiger partial charge in [-0.15, -0.1) is 11.3 Å². The Bertz CT molecular complexity index is 342. The largest absolute Gasteiger partial charge is 0.293 e. The molecule has 0 radical (unpaired) electrons. The summed E-state index contributed by atoms with van der Waals surface area (Å²) in [6, 6.07) is 0. The summed E-state index contributed by atoms with van der Waals surface area (Å²) in [5.41, 5.74) is 0.637. The fourth-order valence-corrected chi connectivity index (χ4v) is 3.89. The molecule has 0 spiro atoms. The molecule has 1 aromatic rings. The molecule has 0 bridgehead atoms. The van der Waals surface area contributed by atoms with Crippen molar-refractivity contribution in [3.05, 3.63) is 16.1 Å². The van der Waals surface area contributed by atoms with Gasteiger partial charge in [-0.2, -0.15) is 11.8 Å². The SMILES string of the molecule is CC(=O)c1csc(CC2CCCSC2)n1. The van der Waals surface area contributed by atoms with Gasteiger partial charge in [0.25, 0.3) is 0 Å². The van der Waals surface area contributed by atoms with Gasteiger partial charge >= 0.3 is 0 Å². The predicted octanol–water partition coefficient (Wildman–Crippen LogP) is 3.03. The molecule has 2 rings (SSSR count). The predicted molar refractivity (Wildman–Crippen MR) is 65.9 cm³/mol. The normalized spacial score (nSPS) is 21.5. The van der Waals surface area contributed by atoms with Crippen molar-refractivity contribution >= 4 is 28.9 Å². The number of nitrogens with zero attached hydrogens (tertiary/aromatic N) is 1. The molecule has 0 aromatic carbocycles. The van der Waals surface area contributed by atoms with Gasteiger partial charge in [0.2, 0.25) is 0 Å². The first-order valence-electron chi connectivity index (χ1n) is 5.29. The first-order valence-corrected chi connectivity index (χ1v) is 7.32. The number of ketones is 1. The average molecular weight is 241 g/mol. The molecule has 1 aromatic heterocycles. The van der Waals surface area contributed by atoms with Crippen LogP contribution in [0.2, 0.25) is 0 Å². The van der Waals surface area contributed by atoms with Gasteiger partial charge in [0.05, 0.1) is 5.01 Å². The molecule has 82 valence electrons. The second-order valence-corrected chi connectivity index (χ2v) is 6.06. The number of carbonyl (C=O) groups excluding carboxylic acids is 1. The fourth-order valence-electron chi connectivity index (χ4n) is 1.78. The van der Waals surface area contributed by atoms with E-state index in [0.717, 1.165) is 17.3 Å². The monoisotopic (exact) mass is 241 g/mol. The molecule has 1 fully saturated rings. The van der Waals surface area contributed by atoms with Crippen LogP contribution in [0.25, 0.3) is 0 Å². The van der Waals surface area contributed by atoms with E-state index in [2.05, 4.69) is 4.98 Å². The highest BCUT2D eigenvalue weighted by Gasteiger charge is 2.16. The summed E-state index contributed by atoms with van der Waals surface area (Å²) < 4.78 is 0. The van der Waals surface area contributed by atoms with Crippen LogP contribution in [0.1, 0.15) is 35.3 Å². The van der Waals surface area contributed by atoms with Crippen LogP contribution in [-0.2, 0) is 6.42 Å². The molecule has 15 heavy (non-hydrogen) atoms. The number of thiazole rings is 1. The molecule has 0 saturated carbocycles. The number of rotatable bonds is 3. The Labute approximate surface area is 98.5 Å². The van der Waals surface area contributed by atoms with E-state index in [4.69, 9.17) is 0 Å². The second kappa shape index (κ2) is 5.12. The van der Waals surface area contributed by atoms with Gasteiger partial charge in [-0.05, 0) is 30.3 Å². The van der Waals surface area contributed by atoms with E-state index >= 15 is 0 Å². The Balaban J connectivity index is 1.94. The van der Waals surface area contributed by atoms with Crippen LogP contribution in [-0.4, -0.2) is 22.3 Å². The average Bonchev–Trinajstić information content (AvgIpc) is 2.68. The molecule has 1 aliphatic rings. The maximum Gasteiger partial charge on any atom is 0.178 e. The van der Waals surface area contributed by atoms with E-state index < -0.39 is 0 Å². The molecule has 2 heterocycles. The smallest absolute Gasteiger partial charge is 0.178 e. The molecular formula is C11H15NOS2. The maximum atomic E-state index is 11.1. The maximum absolute atomic E-state index is 11.1. The van der Waals surface area contributed by atoms with Gasteiger partial charge in [-0.1, -0.05) is 0 Å². The van der Waals surface area contributed by atoms with Gasteiger partial charge in [-0.25, -0.2) is 4.98 Å². The Morgan fingerprint density at radius 2 is 2.53 bits per heavy atom. The standard InChI is InChI=1S/C11H15NOS2/c1-8(13)10-7-15-11(12-10)5-9-3-2-4-14-6-9/h7,9H,2-6H2,1H3. The summed E-state index contributed by atoms with van der Waals surface area (Å²) >= 11 is 3.68. The van der Waals surface area contributed by atoms with Gasteiger partial charge in [0.1, 0.15) is 5.69 Å². The molecule has 1 unspecified atom stereocenters. The summed E-state index contributed by atoms with van der Waals surface area (Å²) in [5.74, 6) is 3.42. The lowest BCUT2D eigenvalue weighted by Gasteiger charge is -2.19. The summed E-state index contributed by atoms with van der Waals surface area (Å²) in [7, 11) is 0. The molecule has 0 N–H and O–H groups in total. The lowest BCUT2D eigenvalue weighted by atomic mass is 10.0. The zero-order valence-corrected chi connectivity index (χ0v) is 10.5. The van der Waals surface area contributed by atoms with Crippen LogP contribution in [0.15, 0.2) is 5.38 Å². The van der Waals surface area contributed by atoms with E-state index in [1.807, 2.05) is 17.1 Å². The zero-order chi connectivity index (χ0) is 10.7. The molecular weight excluding hydrogens is 226 g/mol. The molecule has 0 aliphatic carbocycles. The quantitative estimate of drug-likeness (QED) is 0.762. The lowest BCUT2D eigenvalue weighted by molar-refractivity contribution is 0.101. The van der Waals surface area contributed by atoms with Crippen LogP contribution in [0.5, 0.6) is 0 Å². The van der Waals surface area contributed by atoms with Crippen LogP contribution < -0.4 is 0 Å². The number of thioether (sulfide) groups is 1. The van der Waals surface area contributed by atoms with Crippen molar-refractivity contribution < 1.29 is 4.79 Å². The summed E-state index contributed by atoms with van der Waals surface area (Å²) in [6.45, 7) is 1.58. The fraction of sp³-hybridized carbons (Fsp3) is 0.636. The van der Waals surface area contributed by atoms with Crippen LogP contribution >= 0.6 is 23.1 Å². The molecule has 2 nitrogen and oxygen atoms in total. The topological polar surface area (TPSA) is 30.0 Å². The molecule has 1 saturated heterocycles. The van der Waals surface area contributed by atoms with Crippen molar-refractivity contribution in [3.63, 3.8) is 0 Å². The summed E-state index contributed by atoms with van der Waals surface area (Å²) in [4.78, 5) is 15.5. The highest BCUT2D eigenvalue weighted by Crippen LogP contribution is 2.26. The number of hydrogen-bond acceptors (Lipinski definition) is 4. The number of Topliss-reactive ketones (excluding diaryl/α,β-unsaturated/α-hetero) is 1. The van der Waals surface area contributed by atoms with Gasteiger partial charge < -0.3 is 0 Å². The van der Waals surface area contributed by atoms with E-state index in [-0.39, 0.29) is 5.78 Å². The zero-order valence-electron chi connectivity index (χ0n) is 8.86. The van der Waals surface area contributed by atoms with Gasteiger partial charge in [-0.3, -0.25) is 4.79 Å². The highest BCUT2D eigenvalue weighted by atomic mass is 32.2. The Hall–Kier alpha value is -0.350. The third-order valence-electron chi connectivity index (χ3n) is 2.63. The lowest BCUT2D eigenvalue weighted by Crippen LogP contribution is -2.13. The second-order valence-electron chi connectivity index (χ2n) is 3.97. The summed E-state index contributed by atoms with van der Waals surface area (Å²) in [5, 5.41) is 3.01. The third kappa shape index (κ3) is 3.05. The minimum atomic E-state index is 0.0792. The van der Waals surface area contributed by atoms with Crippen molar-refractivity contribution in [1.29, 1.82) is 0 Å². The minimum absolute atomic E-state index is 0.0792. The van der Waals surface area contributed by atoms with Crippen LogP contribution in [0.3, 0.4) is 0 Å². The Kier molecular flexibility index (Phi) is 3.81. The van der Waals surface area contributed by atoms with Crippen molar-refractivity contribution in [2.45, 2.75) is 26.2 Å². The molecule has 1 aliphatic heterocycles. The van der Waals surface area contributed by atoms with Gasteiger partial charge in [0.15, 0.2) is 5.78 Å². The van der Waals surface area contributed by atoms with Crippen molar-refractivity contribution in [2.75, 3.05) is 11.5 Å². The minimum Gasteiger partial charge on any atom is -0.293 e. The Morgan fingerprint density at radius 3 is 3.13 bits per heavy atom. The van der Waals surface area contributed by atoms with E-state index in [1.54, 1.807) is 18.3 Å². The third-order valence-corrected chi connectivity index (χ3v) is 4.79. The van der Waals surface area contributed by atoms with Crippen LogP contribution in [0.4, 0.5) is 0 Å². The summed E-state index contributed by atoms with van der Waals surface area (Å²) in [6.07, 6.45) is 3.72. The first-order chi connectivity index (χ1) is 7.25. The Morgan fingerprint density at radius 1 is 1.67 bits per heavy atom. The van der Waals surface area contributed by atoms with Crippen molar-refractivity contribution in [1.82, 2.24) is 4.98 Å². The number of carbonyl (C=O) groups is 1.